The molecule has 0 fully saturated rings. The van der Waals surface area contributed by atoms with Crippen molar-refractivity contribution >= 4 is 44.8 Å². The molecule has 0 bridgehead atoms. The van der Waals surface area contributed by atoms with Gasteiger partial charge in [-0.25, -0.2) is 8.42 Å². The van der Waals surface area contributed by atoms with Crippen molar-refractivity contribution in [2.24, 2.45) is 0 Å². The number of hydrogen-bond acceptors (Lipinski definition) is 3. The van der Waals surface area contributed by atoms with Gasteiger partial charge in [-0.2, -0.15) is 9.57 Å². The fraction of sp³-hybridized carbons (Fsp3) is 0.364. The van der Waals surface area contributed by atoms with Crippen molar-refractivity contribution in [3.8, 4) is 6.07 Å². The van der Waals surface area contributed by atoms with Gasteiger partial charge in [-0.1, -0.05) is 11.6 Å². The van der Waals surface area contributed by atoms with Crippen LogP contribution in [0.2, 0.25) is 5.02 Å². The van der Waals surface area contributed by atoms with Crippen LogP contribution in [0.15, 0.2) is 23.1 Å². The molecular formula is C11H11Cl3N2O2S. The van der Waals surface area contributed by atoms with Gasteiger partial charge in [0.25, 0.3) is 0 Å². The van der Waals surface area contributed by atoms with E-state index in [1.807, 2.05) is 6.07 Å². The zero-order chi connectivity index (χ0) is 14.5. The van der Waals surface area contributed by atoms with E-state index in [0.29, 0.717) is 5.56 Å². The zero-order valence-electron chi connectivity index (χ0n) is 9.81. The summed E-state index contributed by atoms with van der Waals surface area (Å²) in [6, 6.07) is 5.92. The molecule has 0 unspecified atom stereocenters. The molecule has 1 aromatic rings. The Balaban J connectivity index is 3.22. The van der Waals surface area contributed by atoms with Crippen molar-refractivity contribution in [2.75, 3.05) is 24.8 Å². The van der Waals surface area contributed by atoms with Crippen molar-refractivity contribution in [1.82, 2.24) is 4.31 Å². The molecule has 19 heavy (non-hydrogen) atoms. The van der Waals surface area contributed by atoms with Gasteiger partial charge < -0.3 is 0 Å². The molecule has 4 nitrogen and oxygen atoms in total. The van der Waals surface area contributed by atoms with Crippen molar-refractivity contribution in [3.63, 3.8) is 0 Å². The molecule has 0 saturated heterocycles. The Labute approximate surface area is 127 Å². The van der Waals surface area contributed by atoms with E-state index in [1.54, 1.807) is 0 Å². The molecular weight excluding hydrogens is 331 g/mol. The van der Waals surface area contributed by atoms with E-state index in [-0.39, 0.29) is 34.8 Å². The summed E-state index contributed by atoms with van der Waals surface area (Å²) in [5, 5.41) is 8.74. The molecule has 0 atom stereocenters. The minimum absolute atomic E-state index is 0.00759. The second-order valence-electron chi connectivity index (χ2n) is 3.54. The maximum Gasteiger partial charge on any atom is 0.244 e. The van der Waals surface area contributed by atoms with Crippen LogP contribution in [0.25, 0.3) is 0 Å². The Hall–Kier alpha value is -0.510. The third-order valence-electron chi connectivity index (χ3n) is 2.35. The summed E-state index contributed by atoms with van der Waals surface area (Å²) in [5.74, 6) is 0.314. The Morgan fingerprint density at radius 1 is 1.21 bits per heavy atom. The van der Waals surface area contributed by atoms with E-state index in [4.69, 9.17) is 40.1 Å². The van der Waals surface area contributed by atoms with Crippen molar-refractivity contribution < 1.29 is 8.42 Å². The van der Waals surface area contributed by atoms with Crippen LogP contribution in [0.1, 0.15) is 5.56 Å². The number of sulfonamides is 1. The van der Waals surface area contributed by atoms with Crippen LogP contribution in [-0.2, 0) is 10.0 Å². The highest BCUT2D eigenvalue weighted by atomic mass is 35.5. The highest BCUT2D eigenvalue weighted by molar-refractivity contribution is 7.89. The molecule has 0 amide bonds. The standard InChI is InChI=1S/C11H11Cl3N2O2S/c12-3-5-16(6-4-13)19(17,18)11-2-1-9(8-15)7-10(11)14/h1-2,7H,3-6H2. The third-order valence-corrected chi connectivity index (χ3v) is 5.07. The monoisotopic (exact) mass is 340 g/mol. The van der Waals surface area contributed by atoms with E-state index in [2.05, 4.69) is 0 Å². The summed E-state index contributed by atoms with van der Waals surface area (Å²) >= 11 is 17.1. The van der Waals surface area contributed by atoms with Crippen LogP contribution >= 0.6 is 34.8 Å². The highest BCUT2D eigenvalue weighted by Gasteiger charge is 2.26. The van der Waals surface area contributed by atoms with Crippen molar-refractivity contribution in [1.29, 1.82) is 5.26 Å². The quantitative estimate of drug-likeness (QED) is 0.747. The first-order valence-electron chi connectivity index (χ1n) is 5.29. The molecule has 0 radical (unpaired) electrons. The first-order valence-corrected chi connectivity index (χ1v) is 8.17. The lowest BCUT2D eigenvalue weighted by Gasteiger charge is -2.20. The zero-order valence-corrected chi connectivity index (χ0v) is 12.9. The van der Waals surface area contributed by atoms with Crippen LogP contribution in [0.4, 0.5) is 0 Å². The summed E-state index contributed by atoms with van der Waals surface area (Å²) in [5.41, 5.74) is 0.296. The van der Waals surface area contributed by atoms with E-state index in [1.165, 1.54) is 22.5 Å². The number of nitrogens with zero attached hydrogens (tertiary/aromatic N) is 2. The molecule has 0 N–H and O–H groups in total. The number of nitriles is 1. The lowest BCUT2D eigenvalue weighted by atomic mass is 10.2. The molecule has 0 spiro atoms. The summed E-state index contributed by atoms with van der Waals surface area (Å²) in [6.07, 6.45) is 0. The Bertz CT molecular complexity index is 578. The van der Waals surface area contributed by atoms with Gasteiger partial charge in [0.05, 0.1) is 16.7 Å². The number of alkyl halides is 2. The van der Waals surface area contributed by atoms with E-state index in [9.17, 15) is 8.42 Å². The predicted molar refractivity (Wildman–Crippen MR) is 76.4 cm³/mol. The lowest BCUT2D eigenvalue weighted by Crippen LogP contribution is -2.34. The normalized spacial score (nSPS) is 11.5. The second-order valence-corrected chi connectivity index (χ2v) is 6.61. The maximum absolute atomic E-state index is 12.4. The van der Waals surface area contributed by atoms with E-state index in [0.717, 1.165) is 0 Å². The number of benzene rings is 1. The first kappa shape index (κ1) is 16.5. The minimum Gasteiger partial charge on any atom is -0.207 e. The van der Waals surface area contributed by atoms with E-state index >= 15 is 0 Å². The maximum atomic E-state index is 12.4. The van der Waals surface area contributed by atoms with Gasteiger partial charge in [-0.05, 0) is 18.2 Å². The number of halogens is 3. The summed E-state index contributed by atoms with van der Waals surface area (Å²) in [6.45, 7) is 0.292. The van der Waals surface area contributed by atoms with Gasteiger partial charge in [0, 0.05) is 24.8 Å². The number of rotatable bonds is 6. The molecule has 1 aromatic carbocycles. The van der Waals surface area contributed by atoms with Crippen LogP contribution in [-0.4, -0.2) is 37.6 Å². The molecule has 0 aliphatic rings. The summed E-state index contributed by atoms with van der Waals surface area (Å²) in [7, 11) is -3.76. The lowest BCUT2D eigenvalue weighted by molar-refractivity contribution is 0.448. The van der Waals surface area contributed by atoms with Gasteiger partial charge in [0.15, 0.2) is 0 Å². The average molecular weight is 342 g/mol. The molecule has 1 rings (SSSR count). The molecule has 8 heteroatoms. The predicted octanol–water partition coefficient (Wildman–Crippen LogP) is 2.68. The minimum atomic E-state index is -3.76. The third kappa shape index (κ3) is 3.98. The fourth-order valence-electron chi connectivity index (χ4n) is 1.46. The highest BCUT2D eigenvalue weighted by Crippen LogP contribution is 2.25. The molecule has 0 aromatic heterocycles. The molecule has 0 aliphatic carbocycles. The SMILES string of the molecule is N#Cc1ccc(S(=O)(=O)N(CCCl)CCCl)c(Cl)c1. The van der Waals surface area contributed by atoms with Crippen LogP contribution in [0.3, 0.4) is 0 Å². The smallest absolute Gasteiger partial charge is 0.207 e. The molecule has 0 aliphatic heterocycles. The van der Waals surface area contributed by atoms with Crippen molar-refractivity contribution in [3.05, 3.63) is 28.8 Å². The number of hydrogen-bond donors (Lipinski definition) is 0. The topological polar surface area (TPSA) is 61.2 Å². The van der Waals surface area contributed by atoms with Crippen LogP contribution in [0.5, 0.6) is 0 Å². The summed E-state index contributed by atoms with van der Waals surface area (Å²) in [4.78, 5) is -0.0524. The van der Waals surface area contributed by atoms with Gasteiger partial charge in [0.2, 0.25) is 10.0 Å². The second kappa shape index (κ2) is 7.32. The van der Waals surface area contributed by atoms with Gasteiger partial charge in [-0.15, -0.1) is 23.2 Å². The molecule has 0 saturated carbocycles. The Morgan fingerprint density at radius 2 is 1.79 bits per heavy atom. The summed E-state index contributed by atoms with van der Waals surface area (Å²) < 4.78 is 25.9. The van der Waals surface area contributed by atoms with Gasteiger partial charge in [-0.3, -0.25) is 0 Å². The Kier molecular flexibility index (Phi) is 6.37. The van der Waals surface area contributed by atoms with Gasteiger partial charge >= 0.3 is 0 Å². The Morgan fingerprint density at radius 3 is 2.21 bits per heavy atom. The average Bonchev–Trinajstić information content (AvgIpc) is 2.38. The van der Waals surface area contributed by atoms with Gasteiger partial charge in [0.1, 0.15) is 4.90 Å². The largest absolute Gasteiger partial charge is 0.244 e. The van der Waals surface area contributed by atoms with Crippen molar-refractivity contribution in [2.45, 2.75) is 4.90 Å². The first-order chi connectivity index (χ1) is 8.97. The van der Waals surface area contributed by atoms with Crippen LogP contribution < -0.4 is 0 Å². The fourth-order valence-corrected chi connectivity index (χ4v) is 4.03. The van der Waals surface area contributed by atoms with E-state index < -0.39 is 10.0 Å². The molecule has 0 heterocycles. The molecule has 104 valence electrons. The van der Waals surface area contributed by atoms with Crippen LogP contribution in [0, 0.1) is 11.3 Å².